The smallest absolute Gasteiger partial charge is 0.174 e. The lowest BCUT2D eigenvalue weighted by Crippen LogP contribution is -2.38. The monoisotopic (exact) mass is 273 g/mol. The Morgan fingerprint density at radius 1 is 1.53 bits per heavy atom. The van der Waals surface area contributed by atoms with Gasteiger partial charge in [0.05, 0.1) is 4.88 Å². The van der Waals surface area contributed by atoms with Gasteiger partial charge >= 0.3 is 0 Å². The minimum absolute atomic E-state index is 0. The maximum absolute atomic E-state index is 11.8. The first-order valence-electron chi connectivity index (χ1n) is 6.08. The summed E-state index contributed by atoms with van der Waals surface area (Å²) in [6.07, 6.45) is 4.59. The molecule has 17 heavy (non-hydrogen) atoms. The van der Waals surface area contributed by atoms with Gasteiger partial charge in [0.15, 0.2) is 5.78 Å². The number of likely N-dealkylation sites (tertiary alicyclic amines) is 1. The average molecular weight is 274 g/mol. The highest BCUT2D eigenvalue weighted by Crippen LogP contribution is 2.18. The number of nitrogens with zero attached hydrogens (tertiary/aromatic N) is 1. The number of ketones is 1. The van der Waals surface area contributed by atoms with E-state index in [0.717, 1.165) is 11.4 Å². The minimum Gasteiger partial charge on any atom is -0.300 e. The summed E-state index contributed by atoms with van der Waals surface area (Å²) in [6, 6.07) is 4.53. The molecule has 0 aromatic carbocycles. The molecule has 1 atom stereocenters. The van der Waals surface area contributed by atoms with Crippen LogP contribution >= 0.6 is 23.7 Å². The van der Waals surface area contributed by atoms with Crippen LogP contribution in [0.2, 0.25) is 0 Å². The number of carbonyl (C=O) groups excluding carboxylic acids is 1. The molecule has 2 nitrogen and oxygen atoms in total. The number of rotatable bonds is 4. The quantitative estimate of drug-likeness (QED) is 0.781. The number of halogens is 1. The highest BCUT2D eigenvalue weighted by molar-refractivity contribution is 7.12. The summed E-state index contributed by atoms with van der Waals surface area (Å²) in [5, 5.41) is 1.97. The minimum atomic E-state index is 0. The van der Waals surface area contributed by atoms with E-state index in [2.05, 4.69) is 11.8 Å². The summed E-state index contributed by atoms with van der Waals surface area (Å²) in [5.74, 6) is 0.299. The van der Waals surface area contributed by atoms with Crippen molar-refractivity contribution in [1.82, 2.24) is 4.90 Å². The largest absolute Gasteiger partial charge is 0.300 e. The fourth-order valence-electron chi connectivity index (χ4n) is 2.30. The molecule has 1 fully saturated rings. The fraction of sp³-hybridized carbons (Fsp3) is 0.615. The first kappa shape index (κ1) is 14.7. The van der Waals surface area contributed by atoms with Crippen LogP contribution in [-0.4, -0.2) is 29.8 Å². The Kier molecular flexibility index (Phi) is 6.17. The summed E-state index contributed by atoms with van der Waals surface area (Å²) >= 11 is 1.55. The normalized spacial score (nSPS) is 20.9. The van der Waals surface area contributed by atoms with Gasteiger partial charge in [-0.05, 0) is 37.8 Å². The van der Waals surface area contributed by atoms with Crippen molar-refractivity contribution < 1.29 is 4.79 Å². The van der Waals surface area contributed by atoms with E-state index in [0.29, 0.717) is 18.2 Å². The number of hydrogen-bond donors (Lipinski definition) is 0. The third-order valence-electron chi connectivity index (χ3n) is 3.36. The number of piperidine rings is 1. The molecule has 2 heterocycles. The molecule has 0 radical (unpaired) electrons. The van der Waals surface area contributed by atoms with Crippen LogP contribution in [0, 0.1) is 0 Å². The molecule has 0 saturated carbocycles. The maximum Gasteiger partial charge on any atom is 0.174 e. The van der Waals surface area contributed by atoms with Crippen LogP contribution in [0.15, 0.2) is 17.5 Å². The average Bonchev–Trinajstić information content (AvgIpc) is 2.81. The highest BCUT2D eigenvalue weighted by atomic mass is 35.5. The molecule has 1 unspecified atom stereocenters. The van der Waals surface area contributed by atoms with Gasteiger partial charge in [-0.3, -0.25) is 4.79 Å². The molecule has 0 amide bonds. The van der Waals surface area contributed by atoms with E-state index in [1.54, 1.807) is 11.3 Å². The maximum atomic E-state index is 11.8. The van der Waals surface area contributed by atoms with Gasteiger partial charge in [0.1, 0.15) is 0 Å². The van der Waals surface area contributed by atoms with E-state index in [9.17, 15) is 4.79 Å². The molecule has 1 aliphatic heterocycles. The predicted octanol–water partition coefficient (Wildman–Crippen LogP) is 3.62. The molecule has 1 aromatic heterocycles. The van der Waals surface area contributed by atoms with Gasteiger partial charge in [0, 0.05) is 19.0 Å². The molecule has 0 bridgehead atoms. The van der Waals surface area contributed by atoms with E-state index >= 15 is 0 Å². The second-order valence-electron chi connectivity index (χ2n) is 4.53. The predicted molar refractivity (Wildman–Crippen MR) is 75.4 cm³/mol. The van der Waals surface area contributed by atoms with Gasteiger partial charge in [0.2, 0.25) is 0 Å². The van der Waals surface area contributed by atoms with E-state index in [1.807, 2.05) is 17.5 Å². The number of thiophene rings is 1. The Balaban J connectivity index is 0.00000144. The SMILES string of the molecule is CC1CCCCN1CCC(=O)c1cccs1.Cl. The Labute approximate surface area is 113 Å². The van der Waals surface area contributed by atoms with Crippen LogP contribution in [0.5, 0.6) is 0 Å². The van der Waals surface area contributed by atoms with Crippen LogP contribution in [0.1, 0.15) is 42.3 Å². The summed E-state index contributed by atoms with van der Waals surface area (Å²) in [5.41, 5.74) is 0. The van der Waals surface area contributed by atoms with E-state index < -0.39 is 0 Å². The number of carbonyl (C=O) groups is 1. The van der Waals surface area contributed by atoms with E-state index in [1.165, 1.54) is 25.8 Å². The number of Topliss-reactive ketones (excluding diaryl/α,β-unsaturated/α-hetero) is 1. The van der Waals surface area contributed by atoms with Gasteiger partial charge < -0.3 is 4.90 Å². The lowest BCUT2D eigenvalue weighted by molar-refractivity contribution is 0.0939. The van der Waals surface area contributed by atoms with Crippen molar-refractivity contribution in [2.75, 3.05) is 13.1 Å². The lowest BCUT2D eigenvalue weighted by atomic mass is 10.0. The van der Waals surface area contributed by atoms with Crippen molar-refractivity contribution in [3.8, 4) is 0 Å². The zero-order valence-corrected chi connectivity index (χ0v) is 11.9. The highest BCUT2D eigenvalue weighted by Gasteiger charge is 2.19. The van der Waals surface area contributed by atoms with Crippen molar-refractivity contribution in [1.29, 1.82) is 0 Å². The molecule has 1 aliphatic rings. The van der Waals surface area contributed by atoms with Crippen LogP contribution < -0.4 is 0 Å². The molecule has 4 heteroatoms. The van der Waals surface area contributed by atoms with Gasteiger partial charge in [-0.1, -0.05) is 12.5 Å². The molecule has 0 spiro atoms. The summed E-state index contributed by atoms with van der Waals surface area (Å²) < 4.78 is 0. The first-order valence-corrected chi connectivity index (χ1v) is 6.96. The molecule has 96 valence electrons. The second-order valence-corrected chi connectivity index (χ2v) is 5.48. The third kappa shape index (κ3) is 4.09. The lowest BCUT2D eigenvalue weighted by Gasteiger charge is -2.32. The van der Waals surface area contributed by atoms with Crippen LogP contribution in [0.3, 0.4) is 0 Å². The Bertz CT molecular complexity index is 339. The molecular weight excluding hydrogens is 254 g/mol. The zero-order chi connectivity index (χ0) is 11.4. The molecule has 2 rings (SSSR count). The second kappa shape index (κ2) is 7.14. The summed E-state index contributed by atoms with van der Waals surface area (Å²) in [6.45, 7) is 4.37. The molecule has 0 N–H and O–H groups in total. The van der Waals surface area contributed by atoms with Crippen molar-refractivity contribution in [3.05, 3.63) is 22.4 Å². The molecule has 0 aliphatic carbocycles. The van der Waals surface area contributed by atoms with Gasteiger partial charge in [-0.25, -0.2) is 0 Å². The van der Waals surface area contributed by atoms with Gasteiger partial charge in [-0.15, -0.1) is 23.7 Å². The van der Waals surface area contributed by atoms with Crippen molar-refractivity contribution in [2.24, 2.45) is 0 Å². The van der Waals surface area contributed by atoms with Crippen molar-refractivity contribution in [2.45, 2.75) is 38.6 Å². The van der Waals surface area contributed by atoms with Crippen LogP contribution in [0.4, 0.5) is 0 Å². The van der Waals surface area contributed by atoms with E-state index in [-0.39, 0.29) is 12.4 Å². The fourth-order valence-corrected chi connectivity index (χ4v) is 2.99. The first-order chi connectivity index (χ1) is 7.77. The Morgan fingerprint density at radius 3 is 3.00 bits per heavy atom. The third-order valence-corrected chi connectivity index (χ3v) is 4.27. The summed E-state index contributed by atoms with van der Waals surface area (Å²) in [7, 11) is 0. The number of hydrogen-bond acceptors (Lipinski definition) is 3. The standard InChI is InChI=1S/C13H19NOS.ClH/c1-11-5-2-3-8-14(11)9-7-12(15)13-6-4-10-16-13;/h4,6,10-11H,2-3,5,7-9H2,1H3;1H. The summed E-state index contributed by atoms with van der Waals surface area (Å²) in [4.78, 5) is 15.2. The molecular formula is C13H20ClNOS. The Morgan fingerprint density at radius 2 is 2.35 bits per heavy atom. The Hall–Kier alpha value is -0.380. The van der Waals surface area contributed by atoms with Crippen molar-refractivity contribution >= 4 is 29.5 Å². The topological polar surface area (TPSA) is 20.3 Å². The molecule has 1 saturated heterocycles. The van der Waals surface area contributed by atoms with Crippen LogP contribution in [-0.2, 0) is 0 Å². The van der Waals surface area contributed by atoms with Gasteiger partial charge in [-0.2, -0.15) is 0 Å². The van der Waals surface area contributed by atoms with E-state index in [4.69, 9.17) is 0 Å². The zero-order valence-electron chi connectivity index (χ0n) is 10.2. The van der Waals surface area contributed by atoms with Crippen LogP contribution in [0.25, 0.3) is 0 Å². The van der Waals surface area contributed by atoms with Crippen molar-refractivity contribution in [3.63, 3.8) is 0 Å². The molecule has 1 aromatic rings. The van der Waals surface area contributed by atoms with Gasteiger partial charge in [0.25, 0.3) is 0 Å².